The number of halogens is 2. The Morgan fingerprint density at radius 3 is 2.95 bits per heavy atom. The van der Waals surface area contributed by atoms with E-state index < -0.39 is 6.10 Å². The fourth-order valence-corrected chi connectivity index (χ4v) is 3.20. The van der Waals surface area contributed by atoms with Crippen molar-refractivity contribution in [2.24, 2.45) is 0 Å². The number of hydrogen-bond donors (Lipinski definition) is 1. The van der Waals surface area contributed by atoms with E-state index in [0.29, 0.717) is 13.2 Å². The monoisotopic (exact) mass is 450 g/mol. The quantitative estimate of drug-likeness (QED) is 0.711. The molecule has 1 aromatic heterocycles. The summed E-state index contributed by atoms with van der Waals surface area (Å²) < 4.78 is 8.73. The highest BCUT2D eigenvalue weighted by atomic mass is 127. The third-order valence-corrected chi connectivity index (χ3v) is 5.20. The number of hydrogen-bond acceptors (Lipinski definition) is 3. The molecule has 2 rings (SSSR count). The van der Waals surface area contributed by atoms with Crippen LogP contribution in [0.5, 0.6) is 0 Å². The highest BCUT2D eigenvalue weighted by molar-refractivity contribution is 14.1. The number of ether oxygens (including phenoxy) is 1. The molecule has 0 aliphatic rings. The van der Waals surface area contributed by atoms with Crippen LogP contribution in [-0.4, -0.2) is 28.6 Å². The molecule has 0 saturated carbocycles. The molecule has 0 amide bonds. The van der Waals surface area contributed by atoms with E-state index in [1.807, 2.05) is 25.1 Å². The van der Waals surface area contributed by atoms with Crippen molar-refractivity contribution in [2.45, 2.75) is 19.6 Å². The SMILES string of the molecule is COCCn1ncc(Br)c1C(O)c1cccc(C)c1I. The zero-order valence-electron chi connectivity index (χ0n) is 11.3. The third kappa shape index (κ3) is 3.24. The van der Waals surface area contributed by atoms with E-state index in [1.54, 1.807) is 18.0 Å². The topological polar surface area (TPSA) is 47.3 Å². The van der Waals surface area contributed by atoms with Gasteiger partial charge in [0.1, 0.15) is 6.10 Å². The molecule has 1 atom stereocenters. The fraction of sp³-hybridized carbons (Fsp3) is 0.357. The Balaban J connectivity index is 2.40. The molecule has 0 aliphatic carbocycles. The van der Waals surface area contributed by atoms with Crippen molar-refractivity contribution in [1.82, 2.24) is 9.78 Å². The molecule has 20 heavy (non-hydrogen) atoms. The molecule has 0 aliphatic heterocycles. The molecule has 0 spiro atoms. The summed E-state index contributed by atoms with van der Waals surface area (Å²) in [5, 5.41) is 15.0. The first-order valence-corrected chi connectivity index (χ1v) is 8.06. The van der Waals surface area contributed by atoms with Crippen LogP contribution in [0.3, 0.4) is 0 Å². The van der Waals surface area contributed by atoms with Crippen LogP contribution in [0.2, 0.25) is 0 Å². The minimum atomic E-state index is -0.712. The van der Waals surface area contributed by atoms with Crippen LogP contribution < -0.4 is 0 Å². The normalized spacial score (nSPS) is 12.7. The minimum absolute atomic E-state index is 0.554. The molecule has 2 aromatic rings. The maximum atomic E-state index is 10.7. The van der Waals surface area contributed by atoms with E-state index in [1.165, 1.54) is 0 Å². The number of aliphatic hydroxyl groups is 1. The van der Waals surface area contributed by atoms with Crippen molar-refractivity contribution in [3.63, 3.8) is 0 Å². The predicted octanol–water partition coefficient (Wildman–Crippen LogP) is 3.29. The van der Waals surface area contributed by atoms with Crippen LogP contribution in [0.4, 0.5) is 0 Å². The number of rotatable bonds is 5. The van der Waals surface area contributed by atoms with Gasteiger partial charge >= 0.3 is 0 Å². The molecule has 1 N–H and O–H groups in total. The zero-order valence-corrected chi connectivity index (χ0v) is 15.1. The lowest BCUT2D eigenvalue weighted by atomic mass is 10.0. The maximum absolute atomic E-state index is 10.7. The third-order valence-electron chi connectivity index (χ3n) is 3.12. The van der Waals surface area contributed by atoms with Gasteiger partial charge in [-0.3, -0.25) is 4.68 Å². The van der Waals surface area contributed by atoms with Crippen molar-refractivity contribution in [2.75, 3.05) is 13.7 Å². The van der Waals surface area contributed by atoms with Crippen LogP contribution in [0, 0.1) is 10.5 Å². The van der Waals surface area contributed by atoms with Gasteiger partial charge in [0, 0.05) is 16.2 Å². The zero-order chi connectivity index (χ0) is 14.7. The van der Waals surface area contributed by atoms with Crippen molar-refractivity contribution < 1.29 is 9.84 Å². The Hall–Kier alpha value is -0.440. The molecular formula is C14H16BrIN2O2. The standard InChI is InChI=1S/C14H16BrIN2O2/c1-9-4-3-5-10(12(9)16)14(19)13-11(15)8-17-18(13)6-7-20-2/h3-5,8,14,19H,6-7H2,1-2H3. The number of methoxy groups -OCH3 is 1. The Morgan fingerprint density at radius 2 is 2.25 bits per heavy atom. The molecule has 0 fully saturated rings. The molecule has 0 radical (unpaired) electrons. The second-order valence-corrected chi connectivity index (χ2v) is 6.41. The van der Waals surface area contributed by atoms with Gasteiger partial charge < -0.3 is 9.84 Å². The summed E-state index contributed by atoms with van der Waals surface area (Å²) in [6.07, 6.45) is 0.993. The lowest BCUT2D eigenvalue weighted by Crippen LogP contribution is -2.14. The number of aromatic nitrogens is 2. The van der Waals surface area contributed by atoms with Crippen molar-refractivity contribution in [3.05, 3.63) is 49.3 Å². The Labute approximate surface area is 140 Å². The second kappa shape index (κ2) is 7.02. The van der Waals surface area contributed by atoms with Gasteiger partial charge in [0.25, 0.3) is 0 Å². The molecule has 108 valence electrons. The van der Waals surface area contributed by atoms with Crippen molar-refractivity contribution in [3.8, 4) is 0 Å². The molecule has 0 saturated heterocycles. The van der Waals surface area contributed by atoms with Gasteiger partial charge in [-0.2, -0.15) is 5.10 Å². The van der Waals surface area contributed by atoms with Gasteiger partial charge in [-0.05, 0) is 51.0 Å². The van der Waals surface area contributed by atoms with Gasteiger partial charge in [0.2, 0.25) is 0 Å². The molecule has 4 nitrogen and oxygen atoms in total. The molecule has 1 heterocycles. The first-order valence-electron chi connectivity index (χ1n) is 6.19. The summed E-state index contributed by atoms with van der Waals surface area (Å²) in [5.74, 6) is 0. The van der Waals surface area contributed by atoms with Crippen LogP contribution >= 0.6 is 38.5 Å². The molecule has 1 aromatic carbocycles. The summed E-state index contributed by atoms with van der Waals surface area (Å²) in [5.41, 5.74) is 2.80. The van der Waals surface area contributed by atoms with E-state index in [2.05, 4.69) is 43.6 Å². The molecule has 6 heteroatoms. The van der Waals surface area contributed by atoms with E-state index in [9.17, 15) is 5.11 Å². The summed E-state index contributed by atoms with van der Waals surface area (Å²) in [6.45, 7) is 3.20. The highest BCUT2D eigenvalue weighted by Crippen LogP contribution is 2.32. The molecule has 1 unspecified atom stereocenters. The van der Waals surface area contributed by atoms with E-state index in [-0.39, 0.29) is 0 Å². The smallest absolute Gasteiger partial charge is 0.123 e. The van der Waals surface area contributed by atoms with Gasteiger partial charge in [-0.15, -0.1) is 0 Å². The van der Waals surface area contributed by atoms with Crippen LogP contribution in [0.25, 0.3) is 0 Å². The first-order chi connectivity index (χ1) is 9.56. The fourth-order valence-electron chi connectivity index (χ4n) is 2.03. The average molecular weight is 451 g/mol. The average Bonchev–Trinajstić information content (AvgIpc) is 2.80. The van der Waals surface area contributed by atoms with Gasteiger partial charge in [0.15, 0.2) is 0 Å². The Kier molecular flexibility index (Phi) is 5.59. The summed E-state index contributed by atoms with van der Waals surface area (Å²) in [6, 6.07) is 5.94. The number of aryl methyl sites for hydroxylation is 1. The Bertz CT molecular complexity index is 601. The summed E-state index contributed by atoms with van der Waals surface area (Å²) >= 11 is 5.73. The van der Waals surface area contributed by atoms with E-state index >= 15 is 0 Å². The summed E-state index contributed by atoms with van der Waals surface area (Å²) in [7, 11) is 1.65. The van der Waals surface area contributed by atoms with Crippen LogP contribution in [0.1, 0.15) is 22.9 Å². The molecular weight excluding hydrogens is 435 g/mol. The lowest BCUT2D eigenvalue weighted by Gasteiger charge is -2.17. The highest BCUT2D eigenvalue weighted by Gasteiger charge is 2.21. The predicted molar refractivity (Wildman–Crippen MR) is 89.8 cm³/mol. The lowest BCUT2D eigenvalue weighted by molar-refractivity contribution is 0.171. The van der Waals surface area contributed by atoms with Crippen LogP contribution in [0.15, 0.2) is 28.9 Å². The van der Waals surface area contributed by atoms with Gasteiger partial charge in [0.05, 0.1) is 29.5 Å². The second-order valence-electron chi connectivity index (χ2n) is 4.47. The minimum Gasteiger partial charge on any atom is -0.383 e. The molecule has 0 bridgehead atoms. The van der Waals surface area contributed by atoms with Crippen molar-refractivity contribution in [1.29, 1.82) is 0 Å². The number of benzene rings is 1. The maximum Gasteiger partial charge on any atom is 0.123 e. The number of nitrogens with zero attached hydrogens (tertiary/aromatic N) is 2. The van der Waals surface area contributed by atoms with E-state index in [4.69, 9.17) is 4.74 Å². The van der Waals surface area contributed by atoms with Crippen molar-refractivity contribution >= 4 is 38.5 Å². The summed E-state index contributed by atoms with van der Waals surface area (Å²) in [4.78, 5) is 0. The van der Waals surface area contributed by atoms with Gasteiger partial charge in [-0.25, -0.2) is 0 Å². The van der Waals surface area contributed by atoms with E-state index in [0.717, 1.165) is 24.9 Å². The Morgan fingerprint density at radius 1 is 1.50 bits per heavy atom. The largest absolute Gasteiger partial charge is 0.383 e. The van der Waals surface area contributed by atoms with Gasteiger partial charge in [-0.1, -0.05) is 18.2 Å². The van der Waals surface area contributed by atoms with Crippen LogP contribution in [-0.2, 0) is 11.3 Å². The first kappa shape index (κ1) is 15.9. The number of aliphatic hydroxyl groups excluding tert-OH is 1.